The highest BCUT2D eigenvalue weighted by atomic mass is 16.5. The monoisotopic (exact) mass is 200 g/mol. The van der Waals surface area contributed by atoms with Crippen LogP contribution in [0.5, 0.6) is 0 Å². The molecule has 1 aliphatic rings. The Balaban J connectivity index is 2.13. The van der Waals surface area contributed by atoms with Gasteiger partial charge in [0, 0.05) is 19.6 Å². The van der Waals surface area contributed by atoms with E-state index in [4.69, 9.17) is 4.74 Å². The van der Waals surface area contributed by atoms with Gasteiger partial charge in [-0.15, -0.1) is 0 Å². The van der Waals surface area contributed by atoms with E-state index in [1.165, 1.54) is 0 Å². The summed E-state index contributed by atoms with van der Waals surface area (Å²) in [6.45, 7) is 7.84. The Labute approximate surface area is 85.6 Å². The third-order valence-corrected chi connectivity index (χ3v) is 2.30. The molecule has 1 rings (SSSR count). The van der Waals surface area contributed by atoms with Crippen LogP contribution >= 0.6 is 0 Å². The van der Waals surface area contributed by atoms with Gasteiger partial charge >= 0.3 is 6.03 Å². The lowest BCUT2D eigenvalue weighted by Crippen LogP contribution is -2.46. The summed E-state index contributed by atoms with van der Waals surface area (Å²) >= 11 is 0. The Morgan fingerprint density at radius 3 is 2.64 bits per heavy atom. The minimum atomic E-state index is 0.0500. The van der Waals surface area contributed by atoms with Gasteiger partial charge < -0.3 is 15.0 Å². The largest absolute Gasteiger partial charge is 0.378 e. The second-order valence-electron chi connectivity index (χ2n) is 4.01. The number of carbonyl (C=O) groups is 1. The topological polar surface area (TPSA) is 41.6 Å². The van der Waals surface area contributed by atoms with Crippen molar-refractivity contribution in [3.63, 3.8) is 0 Å². The van der Waals surface area contributed by atoms with Crippen molar-refractivity contribution in [2.24, 2.45) is 5.92 Å². The fourth-order valence-electron chi connectivity index (χ4n) is 1.35. The molecule has 1 heterocycles. The highest BCUT2D eigenvalue weighted by Crippen LogP contribution is 1.99. The number of hydrogen-bond donors (Lipinski definition) is 1. The van der Waals surface area contributed by atoms with E-state index in [1.807, 2.05) is 4.90 Å². The van der Waals surface area contributed by atoms with E-state index >= 15 is 0 Å². The molecule has 14 heavy (non-hydrogen) atoms. The van der Waals surface area contributed by atoms with E-state index in [-0.39, 0.29) is 6.03 Å². The van der Waals surface area contributed by atoms with E-state index < -0.39 is 0 Å². The number of nitrogens with one attached hydrogen (secondary N) is 1. The molecular formula is C10H20N2O2. The number of ether oxygens (including phenoxy) is 1. The van der Waals surface area contributed by atoms with E-state index in [9.17, 15) is 4.79 Å². The van der Waals surface area contributed by atoms with Crippen molar-refractivity contribution >= 4 is 6.03 Å². The smallest absolute Gasteiger partial charge is 0.317 e. The number of rotatable bonds is 3. The van der Waals surface area contributed by atoms with E-state index in [0.29, 0.717) is 32.2 Å². The Morgan fingerprint density at radius 2 is 2.07 bits per heavy atom. The molecule has 0 radical (unpaired) electrons. The summed E-state index contributed by atoms with van der Waals surface area (Å²) in [4.78, 5) is 13.3. The molecule has 0 aromatic rings. The van der Waals surface area contributed by atoms with Gasteiger partial charge in [0.2, 0.25) is 0 Å². The van der Waals surface area contributed by atoms with Gasteiger partial charge in [-0.1, -0.05) is 13.8 Å². The second-order valence-corrected chi connectivity index (χ2v) is 4.01. The first-order valence-electron chi connectivity index (χ1n) is 5.30. The Bertz CT molecular complexity index is 177. The van der Waals surface area contributed by atoms with E-state index in [2.05, 4.69) is 19.2 Å². The zero-order valence-electron chi connectivity index (χ0n) is 9.08. The van der Waals surface area contributed by atoms with Crippen molar-refractivity contribution in [2.45, 2.75) is 20.3 Å². The minimum absolute atomic E-state index is 0.0500. The van der Waals surface area contributed by atoms with Crippen LogP contribution in [0.3, 0.4) is 0 Å². The van der Waals surface area contributed by atoms with Gasteiger partial charge in [-0.05, 0) is 12.3 Å². The zero-order chi connectivity index (χ0) is 10.4. The number of urea groups is 1. The fourth-order valence-corrected chi connectivity index (χ4v) is 1.35. The van der Waals surface area contributed by atoms with Gasteiger partial charge in [0.05, 0.1) is 13.2 Å². The van der Waals surface area contributed by atoms with Crippen LogP contribution in [0.25, 0.3) is 0 Å². The summed E-state index contributed by atoms with van der Waals surface area (Å²) in [6, 6.07) is 0.0500. The van der Waals surface area contributed by atoms with Crippen LogP contribution in [0.2, 0.25) is 0 Å². The quantitative estimate of drug-likeness (QED) is 0.740. The summed E-state index contributed by atoms with van der Waals surface area (Å²) in [5, 5.41) is 2.92. The molecule has 2 amide bonds. The van der Waals surface area contributed by atoms with Gasteiger partial charge in [0.1, 0.15) is 0 Å². The van der Waals surface area contributed by atoms with Crippen LogP contribution < -0.4 is 5.32 Å². The van der Waals surface area contributed by atoms with Crippen molar-refractivity contribution in [3.8, 4) is 0 Å². The molecule has 1 aliphatic heterocycles. The number of carbonyl (C=O) groups excluding carboxylic acids is 1. The van der Waals surface area contributed by atoms with Crippen molar-refractivity contribution in [3.05, 3.63) is 0 Å². The molecule has 1 saturated heterocycles. The lowest BCUT2D eigenvalue weighted by atomic mass is 10.1. The van der Waals surface area contributed by atoms with Gasteiger partial charge in [0.15, 0.2) is 0 Å². The lowest BCUT2D eigenvalue weighted by Gasteiger charge is -2.27. The molecule has 1 fully saturated rings. The first-order chi connectivity index (χ1) is 6.70. The Hall–Kier alpha value is -0.770. The molecule has 0 atom stereocenters. The highest BCUT2D eigenvalue weighted by Gasteiger charge is 2.15. The van der Waals surface area contributed by atoms with Gasteiger partial charge in [-0.25, -0.2) is 4.79 Å². The number of morpholine rings is 1. The molecule has 0 aliphatic carbocycles. The van der Waals surface area contributed by atoms with Gasteiger partial charge in [0.25, 0.3) is 0 Å². The molecule has 1 N–H and O–H groups in total. The van der Waals surface area contributed by atoms with Crippen molar-refractivity contribution in [1.29, 1.82) is 0 Å². The molecule has 0 saturated carbocycles. The third-order valence-electron chi connectivity index (χ3n) is 2.30. The summed E-state index contributed by atoms with van der Waals surface area (Å²) in [5.41, 5.74) is 0. The van der Waals surface area contributed by atoms with Crippen LogP contribution in [0, 0.1) is 5.92 Å². The van der Waals surface area contributed by atoms with Crippen LogP contribution in [-0.4, -0.2) is 43.8 Å². The fraction of sp³-hybridized carbons (Fsp3) is 0.900. The molecule has 0 aromatic heterocycles. The summed E-state index contributed by atoms with van der Waals surface area (Å²) in [5.74, 6) is 0.639. The Kier molecular flexibility index (Phi) is 4.73. The van der Waals surface area contributed by atoms with E-state index in [0.717, 1.165) is 13.0 Å². The van der Waals surface area contributed by atoms with Gasteiger partial charge in [-0.2, -0.15) is 0 Å². The first-order valence-corrected chi connectivity index (χ1v) is 5.30. The first kappa shape index (κ1) is 11.3. The summed E-state index contributed by atoms with van der Waals surface area (Å²) < 4.78 is 5.17. The van der Waals surface area contributed by atoms with Crippen molar-refractivity contribution in [2.75, 3.05) is 32.8 Å². The molecular weight excluding hydrogens is 180 g/mol. The van der Waals surface area contributed by atoms with Crippen LogP contribution in [0.4, 0.5) is 4.79 Å². The van der Waals surface area contributed by atoms with E-state index in [1.54, 1.807) is 0 Å². The molecule has 0 unspecified atom stereocenters. The van der Waals surface area contributed by atoms with Crippen LogP contribution in [0.1, 0.15) is 20.3 Å². The maximum absolute atomic E-state index is 11.5. The maximum atomic E-state index is 11.5. The van der Waals surface area contributed by atoms with Crippen molar-refractivity contribution < 1.29 is 9.53 Å². The number of amides is 2. The second kappa shape index (κ2) is 5.86. The van der Waals surface area contributed by atoms with Crippen LogP contribution in [0.15, 0.2) is 0 Å². The lowest BCUT2D eigenvalue weighted by molar-refractivity contribution is 0.0532. The average Bonchev–Trinajstić information content (AvgIpc) is 2.18. The normalized spacial score (nSPS) is 17.2. The van der Waals surface area contributed by atoms with Gasteiger partial charge in [-0.3, -0.25) is 0 Å². The third kappa shape index (κ3) is 3.96. The molecule has 4 heteroatoms. The number of nitrogens with zero attached hydrogens (tertiary/aromatic N) is 1. The predicted octanol–water partition coefficient (Wildman–Crippen LogP) is 1.07. The molecule has 4 nitrogen and oxygen atoms in total. The SMILES string of the molecule is CC(C)CCNC(=O)N1CCOCC1. The standard InChI is InChI=1S/C10H20N2O2/c1-9(2)3-4-11-10(13)12-5-7-14-8-6-12/h9H,3-8H2,1-2H3,(H,11,13). The molecule has 0 bridgehead atoms. The molecule has 0 aromatic carbocycles. The summed E-state index contributed by atoms with van der Waals surface area (Å²) in [6.07, 6.45) is 1.04. The highest BCUT2D eigenvalue weighted by molar-refractivity contribution is 5.74. The average molecular weight is 200 g/mol. The molecule has 0 spiro atoms. The predicted molar refractivity (Wildman–Crippen MR) is 55.2 cm³/mol. The number of hydrogen-bond acceptors (Lipinski definition) is 2. The molecule has 82 valence electrons. The Morgan fingerprint density at radius 1 is 1.43 bits per heavy atom. The summed E-state index contributed by atoms with van der Waals surface area (Å²) in [7, 11) is 0. The zero-order valence-corrected chi connectivity index (χ0v) is 9.08. The van der Waals surface area contributed by atoms with Crippen LogP contribution in [-0.2, 0) is 4.74 Å². The maximum Gasteiger partial charge on any atom is 0.317 e. The van der Waals surface area contributed by atoms with Crippen molar-refractivity contribution in [1.82, 2.24) is 10.2 Å². The minimum Gasteiger partial charge on any atom is -0.378 e.